The molecule has 0 amide bonds. The summed E-state index contributed by atoms with van der Waals surface area (Å²) in [6.45, 7) is 4.14. The molecule has 2 aromatic rings. The standard InChI is InChI=1S/C28H33F3/c1-3-5-6-8-24-17-18-25(28(31)27(24)30)22-14-11-20(12-15-22)9-10-21-13-16-23(7-4-2)26(29)19-21/h9-11,13,16-19,22H,3-8,12,14-15H2,1-2H3. The molecule has 0 bridgehead atoms. The van der Waals surface area contributed by atoms with Crippen molar-refractivity contribution in [3.8, 4) is 0 Å². The second kappa shape index (κ2) is 11.4. The fraction of sp³-hybridized carbons (Fsp3) is 0.429. The smallest absolute Gasteiger partial charge is 0.162 e. The van der Waals surface area contributed by atoms with Gasteiger partial charge in [-0.25, -0.2) is 13.2 Å². The van der Waals surface area contributed by atoms with Crippen molar-refractivity contribution >= 4 is 6.08 Å². The first-order valence-corrected chi connectivity index (χ1v) is 11.7. The van der Waals surface area contributed by atoms with E-state index in [1.54, 1.807) is 18.2 Å². The highest BCUT2D eigenvalue weighted by Crippen LogP contribution is 2.35. The van der Waals surface area contributed by atoms with Crippen LogP contribution >= 0.6 is 0 Å². The number of benzene rings is 2. The van der Waals surface area contributed by atoms with Crippen LogP contribution in [-0.4, -0.2) is 0 Å². The minimum absolute atomic E-state index is 0.00196. The van der Waals surface area contributed by atoms with Crippen LogP contribution in [0.4, 0.5) is 13.2 Å². The van der Waals surface area contributed by atoms with Gasteiger partial charge >= 0.3 is 0 Å². The zero-order valence-corrected chi connectivity index (χ0v) is 18.7. The number of allylic oxidation sites excluding steroid dienone is 3. The van der Waals surface area contributed by atoms with Gasteiger partial charge in [0.25, 0.3) is 0 Å². The Balaban J connectivity index is 1.64. The van der Waals surface area contributed by atoms with Gasteiger partial charge in [0.2, 0.25) is 0 Å². The quantitative estimate of drug-likeness (QED) is 0.352. The molecule has 0 saturated heterocycles. The van der Waals surface area contributed by atoms with Crippen molar-refractivity contribution in [1.29, 1.82) is 0 Å². The maximum Gasteiger partial charge on any atom is 0.162 e. The predicted octanol–water partition coefficient (Wildman–Crippen LogP) is 8.70. The van der Waals surface area contributed by atoms with Crippen LogP contribution in [-0.2, 0) is 12.8 Å². The van der Waals surface area contributed by atoms with Crippen molar-refractivity contribution in [2.75, 3.05) is 0 Å². The third-order valence-corrected chi connectivity index (χ3v) is 6.21. The molecule has 0 N–H and O–H groups in total. The van der Waals surface area contributed by atoms with Gasteiger partial charge in [0, 0.05) is 0 Å². The Bertz CT molecular complexity index is 940. The summed E-state index contributed by atoms with van der Waals surface area (Å²) in [7, 11) is 0. The summed E-state index contributed by atoms with van der Waals surface area (Å²) in [5.41, 5.74) is 3.73. The Labute approximate surface area is 184 Å². The van der Waals surface area contributed by atoms with E-state index in [9.17, 15) is 13.2 Å². The second-order valence-corrected chi connectivity index (χ2v) is 8.58. The van der Waals surface area contributed by atoms with Gasteiger partial charge in [0.05, 0.1) is 0 Å². The van der Waals surface area contributed by atoms with Crippen molar-refractivity contribution in [3.63, 3.8) is 0 Å². The molecule has 1 aliphatic rings. The molecule has 1 unspecified atom stereocenters. The summed E-state index contributed by atoms with van der Waals surface area (Å²) in [4.78, 5) is 0. The van der Waals surface area contributed by atoms with Crippen LogP contribution in [0.1, 0.15) is 87.0 Å². The lowest BCUT2D eigenvalue weighted by molar-refractivity contribution is 0.469. The highest BCUT2D eigenvalue weighted by atomic mass is 19.2. The topological polar surface area (TPSA) is 0 Å². The fourth-order valence-corrected chi connectivity index (χ4v) is 4.31. The van der Waals surface area contributed by atoms with E-state index in [0.717, 1.165) is 61.6 Å². The first-order valence-electron chi connectivity index (χ1n) is 11.7. The normalized spacial score (nSPS) is 16.7. The molecule has 31 heavy (non-hydrogen) atoms. The Morgan fingerprint density at radius 3 is 2.35 bits per heavy atom. The maximum absolute atomic E-state index is 14.7. The van der Waals surface area contributed by atoms with E-state index in [-0.39, 0.29) is 11.7 Å². The summed E-state index contributed by atoms with van der Waals surface area (Å²) >= 11 is 0. The Morgan fingerprint density at radius 1 is 0.871 bits per heavy atom. The van der Waals surface area contributed by atoms with Crippen LogP contribution in [0.5, 0.6) is 0 Å². The summed E-state index contributed by atoms with van der Waals surface area (Å²) in [5.74, 6) is -1.50. The van der Waals surface area contributed by atoms with Crippen molar-refractivity contribution in [1.82, 2.24) is 0 Å². The SMILES string of the molecule is CCCCCc1ccc(C2CC=C(C=Cc3ccc(CCC)c(F)c3)CC2)c(F)c1F. The lowest BCUT2D eigenvalue weighted by Crippen LogP contribution is -2.08. The monoisotopic (exact) mass is 426 g/mol. The second-order valence-electron chi connectivity index (χ2n) is 8.58. The molecule has 0 heterocycles. The molecule has 3 rings (SSSR count). The molecule has 0 aliphatic heterocycles. The minimum atomic E-state index is -0.672. The van der Waals surface area contributed by atoms with Gasteiger partial charge in [-0.2, -0.15) is 0 Å². The summed E-state index contributed by atoms with van der Waals surface area (Å²) in [5, 5.41) is 0. The highest BCUT2D eigenvalue weighted by Gasteiger charge is 2.22. The number of unbranched alkanes of at least 4 members (excludes halogenated alkanes) is 2. The van der Waals surface area contributed by atoms with Crippen molar-refractivity contribution in [3.05, 3.63) is 87.8 Å². The summed E-state index contributed by atoms with van der Waals surface area (Å²) in [6, 6.07) is 8.91. The van der Waals surface area contributed by atoms with E-state index in [1.165, 1.54) is 0 Å². The molecule has 0 radical (unpaired) electrons. The van der Waals surface area contributed by atoms with Crippen LogP contribution in [0.2, 0.25) is 0 Å². The van der Waals surface area contributed by atoms with Crippen molar-refractivity contribution < 1.29 is 13.2 Å². The molecule has 3 heteroatoms. The van der Waals surface area contributed by atoms with Gasteiger partial charge in [-0.15, -0.1) is 0 Å². The number of hydrogen-bond donors (Lipinski definition) is 0. The molecule has 0 aromatic heterocycles. The zero-order chi connectivity index (χ0) is 22.2. The van der Waals surface area contributed by atoms with Crippen molar-refractivity contribution in [2.45, 2.75) is 77.6 Å². The molecule has 0 saturated carbocycles. The largest absolute Gasteiger partial charge is 0.207 e. The third kappa shape index (κ3) is 6.12. The van der Waals surface area contributed by atoms with Crippen LogP contribution in [0.15, 0.2) is 48.1 Å². The molecular weight excluding hydrogens is 393 g/mol. The average Bonchev–Trinajstić information content (AvgIpc) is 2.78. The molecule has 0 nitrogen and oxygen atoms in total. The lowest BCUT2D eigenvalue weighted by atomic mass is 9.83. The lowest BCUT2D eigenvalue weighted by Gasteiger charge is -2.22. The fourth-order valence-electron chi connectivity index (χ4n) is 4.31. The van der Waals surface area contributed by atoms with Gasteiger partial charge in [0.1, 0.15) is 5.82 Å². The third-order valence-electron chi connectivity index (χ3n) is 6.21. The molecule has 0 fully saturated rings. The van der Waals surface area contributed by atoms with Gasteiger partial charge in [0.15, 0.2) is 11.6 Å². The molecule has 1 atom stereocenters. The van der Waals surface area contributed by atoms with E-state index in [2.05, 4.69) is 13.0 Å². The van der Waals surface area contributed by atoms with Crippen LogP contribution < -0.4 is 0 Å². The van der Waals surface area contributed by atoms with E-state index < -0.39 is 11.6 Å². The summed E-state index contributed by atoms with van der Waals surface area (Å²) < 4.78 is 43.3. The van der Waals surface area contributed by atoms with Gasteiger partial charge in [-0.3, -0.25) is 0 Å². The molecular formula is C28H33F3. The zero-order valence-electron chi connectivity index (χ0n) is 18.7. The van der Waals surface area contributed by atoms with Gasteiger partial charge < -0.3 is 0 Å². The molecule has 2 aromatic carbocycles. The van der Waals surface area contributed by atoms with Gasteiger partial charge in [-0.1, -0.05) is 81.2 Å². The minimum Gasteiger partial charge on any atom is -0.207 e. The van der Waals surface area contributed by atoms with Crippen LogP contribution in [0, 0.1) is 17.5 Å². The number of hydrogen-bond acceptors (Lipinski definition) is 0. The van der Waals surface area contributed by atoms with Crippen LogP contribution in [0.25, 0.3) is 6.08 Å². The van der Waals surface area contributed by atoms with Crippen LogP contribution in [0.3, 0.4) is 0 Å². The number of halogens is 3. The van der Waals surface area contributed by atoms with E-state index in [0.29, 0.717) is 24.0 Å². The Morgan fingerprint density at radius 2 is 1.68 bits per heavy atom. The average molecular weight is 427 g/mol. The maximum atomic E-state index is 14.7. The highest BCUT2D eigenvalue weighted by molar-refractivity contribution is 5.54. The Kier molecular flexibility index (Phi) is 8.57. The Hall–Kier alpha value is -2.29. The van der Waals surface area contributed by atoms with Gasteiger partial charge in [-0.05, 0) is 72.8 Å². The van der Waals surface area contributed by atoms with E-state index >= 15 is 0 Å². The first-order chi connectivity index (χ1) is 15.0. The first kappa shape index (κ1) is 23.4. The predicted molar refractivity (Wildman–Crippen MR) is 124 cm³/mol. The van der Waals surface area contributed by atoms with E-state index in [4.69, 9.17) is 0 Å². The number of rotatable bonds is 9. The molecule has 166 valence electrons. The van der Waals surface area contributed by atoms with E-state index in [1.807, 2.05) is 31.2 Å². The van der Waals surface area contributed by atoms with Crippen molar-refractivity contribution in [2.24, 2.45) is 0 Å². The molecule has 1 aliphatic carbocycles. The molecule has 0 spiro atoms. The number of aryl methyl sites for hydroxylation is 2. The summed E-state index contributed by atoms with van der Waals surface area (Å²) in [6.07, 6.45) is 13.6.